The lowest BCUT2D eigenvalue weighted by Gasteiger charge is -2.23. The highest BCUT2D eigenvalue weighted by molar-refractivity contribution is 5.96. The van der Waals surface area contributed by atoms with E-state index in [2.05, 4.69) is 12.1 Å². The molecule has 2 aromatic carbocycles. The number of ether oxygens (including phenoxy) is 1. The summed E-state index contributed by atoms with van der Waals surface area (Å²) in [4.78, 5) is 14.3. The van der Waals surface area contributed by atoms with Crippen molar-refractivity contribution in [1.82, 2.24) is 0 Å². The number of amides is 1. The maximum atomic E-state index is 12.4. The summed E-state index contributed by atoms with van der Waals surface area (Å²) in [6.07, 6.45) is 2.40. The highest BCUT2D eigenvalue weighted by atomic mass is 16.5. The van der Waals surface area contributed by atoms with Crippen molar-refractivity contribution in [3.05, 3.63) is 53.6 Å². The number of nitriles is 1. The van der Waals surface area contributed by atoms with Gasteiger partial charge in [-0.05, 0) is 48.1 Å². The Morgan fingerprint density at radius 1 is 1.12 bits per heavy atom. The summed E-state index contributed by atoms with van der Waals surface area (Å²) in [7, 11) is 0. The largest absolute Gasteiger partial charge is 0.367 e. The number of anilines is 1. The van der Waals surface area contributed by atoms with Crippen LogP contribution >= 0.6 is 0 Å². The van der Waals surface area contributed by atoms with Crippen LogP contribution in [0.2, 0.25) is 0 Å². The lowest BCUT2D eigenvalue weighted by Crippen LogP contribution is -2.34. The van der Waals surface area contributed by atoms with Crippen LogP contribution in [-0.2, 0) is 16.1 Å². The number of carbonyl (C=O) groups is 1. The van der Waals surface area contributed by atoms with Gasteiger partial charge in [-0.15, -0.1) is 0 Å². The normalized spacial score (nSPS) is 17.1. The first-order valence-corrected chi connectivity index (χ1v) is 8.26. The fourth-order valence-electron chi connectivity index (χ4n) is 3.10. The maximum absolute atomic E-state index is 12.4. The number of benzene rings is 2. The van der Waals surface area contributed by atoms with Gasteiger partial charge >= 0.3 is 0 Å². The van der Waals surface area contributed by atoms with Gasteiger partial charge in [-0.25, -0.2) is 0 Å². The quantitative estimate of drug-likeness (QED) is 0.870. The molecule has 1 aliphatic carbocycles. The third-order valence-electron chi connectivity index (χ3n) is 4.62. The Bertz CT molecular complexity index is 834. The number of rotatable bonds is 3. The molecule has 0 bridgehead atoms. The van der Waals surface area contributed by atoms with Crippen molar-refractivity contribution >= 4 is 11.6 Å². The molecule has 120 valence electrons. The van der Waals surface area contributed by atoms with Crippen molar-refractivity contribution in [3.63, 3.8) is 0 Å². The molecule has 1 aliphatic heterocycles. The first-order valence-electron chi connectivity index (χ1n) is 8.26. The van der Waals surface area contributed by atoms with E-state index in [4.69, 9.17) is 10.00 Å². The molecule has 0 atom stereocenters. The predicted octanol–water partition coefficient (Wildman–Crippen LogP) is 3.50. The van der Waals surface area contributed by atoms with Gasteiger partial charge in [0, 0.05) is 17.8 Å². The average molecular weight is 318 g/mol. The predicted molar refractivity (Wildman–Crippen MR) is 91.3 cm³/mol. The molecule has 2 aliphatic rings. The Kier molecular flexibility index (Phi) is 3.79. The monoisotopic (exact) mass is 318 g/mol. The van der Waals surface area contributed by atoms with Crippen LogP contribution in [0, 0.1) is 17.2 Å². The number of nitrogens with zero attached hydrogens (tertiary/aromatic N) is 2. The van der Waals surface area contributed by atoms with E-state index in [1.165, 1.54) is 12.8 Å². The molecule has 2 aromatic rings. The highest BCUT2D eigenvalue weighted by Gasteiger charge is 2.30. The summed E-state index contributed by atoms with van der Waals surface area (Å²) in [5.74, 6) is 0.647. The van der Waals surface area contributed by atoms with Crippen molar-refractivity contribution in [2.24, 2.45) is 5.92 Å². The van der Waals surface area contributed by atoms with Gasteiger partial charge in [-0.2, -0.15) is 5.26 Å². The van der Waals surface area contributed by atoms with Gasteiger partial charge in [0.15, 0.2) is 0 Å². The highest BCUT2D eigenvalue weighted by Crippen LogP contribution is 2.35. The Morgan fingerprint density at radius 3 is 2.75 bits per heavy atom. The third kappa shape index (κ3) is 2.91. The molecule has 0 N–H and O–H groups in total. The molecule has 0 saturated heterocycles. The summed E-state index contributed by atoms with van der Waals surface area (Å²) < 4.78 is 5.51. The molecule has 1 saturated carbocycles. The molecule has 4 nitrogen and oxygen atoms in total. The summed E-state index contributed by atoms with van der Waals surface area (Å²) in [6.45, 7) is 1.37. The molecular weight excluding hydrogens is 300 g/mol. The van der Waals surface area contributed by atoms with Crippen molar-refractivity contribution < 1.29 is 9.53 Å². The number of fused-ring (bicyclic) bond motifs is 1. The second kappa shape index (κ2) is 6.10. The van der Waals surface area contributed by atoms with Crippen LogP contribution < -0.4 is 4.90 Å². The lowest BCUT2D eigenvalue weighted by atomic mass is 10.00. The molecule has 0 aromatic heterocycles. The van der Waals surface area contributed by atoms with Crippen molar-refractivity contribution in [1.29, 1.82) is 5.26 Å². The zero-order chi connectivity index (χ0) is 16.5. The van der Waals surface area contributed by atoms with E-state index in [9.17, 15) is 4.79 Å². The van der Waals surface area contributed by atoms with Crippen molar-refractivity contribution in [3.8, 4) is 17.2 Å². The molecular formula is C20H18N2O2. The van der Waals surface area contributed by atoms with Gasteiger partial charge in [-0.1, -0.05) is 24.3 Å². The second-order valence-corrected chi connectivity index (χ2v) is 6.48. The van der Waals surface area contributed by atoms with E-state index < -0.39 is 0 Å². The van der Waals surface area contributed by atoms with Gasteiger partial charge in [0.1, 0.15) is 6.61 Å². The van der Waals surface area contributed by atoms with Crippen LogP contribution in [0.1, 0.15) is 24.0 Å². The van der Waals surface area contributed by atoms with Crippen LogP contribution in [0.5, 0.6) is 0 Å². The first-order chi connectivity index (χ1) is 11.7. The smallest absolute Gasteiger partial charge is 0.253 e. The number of hydrogen-bond donors (Lipinski definition) is 0. The molecule has 24 heavy (non-hydrogen) atoms. The van der Waals surface area contributed by atoms with Crippen LogP contribution in [0.3, 0.4) is 0 Å². The molecule has 1 fully saturated rings. The zero-order valence-corrected chi connectivity index (χ0v) is 13.4. The van der Waals surface area contributed by atoms with E-state index in [-0.39, 0.29) is 12.5 Å². The molecule has 0 spiro atoms. The molecule has 4 heteroatoms. The SMILES string of the molecule is N#Cc1cccc(-c2ccc3c(c2)N(CC2CC2)C(=O)COC3)c1. The van der Waals surface area contributed by atoms with Crippen LogP contribution in [0.25, 0.3) is 11.1 Å². The molecule has 1 amide bonds. The fourth-order valence-corrected chi connectivity index (χ4v) is 3.10. The van der Waals surface area contributed by atoms with Gasteiger partial charge in [0.2, 0.25) is 0 Å². The number of carbonyl (C=O) groups excluding carboxylic acids is 1. The summed E-state index contributed by atoms with van der Waals surface area (Å²) in [5, 5.41) is 9.10. The van der Waals surface area contributed by atoms with E-state index in [1.54, 1.807) is 6.07 Å². The number of hydrogen-bond acceptors (Lipinski definition) is 3. The fraction of sp³-hybridized carbons (Fsp3) is 0.300. The van der Waals surface area contributed by atoms with Crippen LogP contribution in [0.4, 0.5) is 5.69 Å². The third-order valence-corrected chi connectivity index (χ3v) is 4.62. The molecule has 4 rings (SSSR count). The Balaban J connectivity index is 1.76. The van der Waals surface area contributed by atoms with Crippen molar-refractivity contribution in [2.75, 3.05) is 18.1 Å². The maximum Gasteiger partial charge on any atom is 0.253 e. The van der Waals surface area contributed by atoms with Crippen molar-refractivity contribution in [2.45, 2.75) is 19.4 Å². The summed E-state index contributed by atoms with van der Waals surface area (Å²) in [5.41, 5.74) is 4.63. The standard InChI is InChI=1S/C20H18N2O2/c21-10-15-2-1-3-16(8-15)17-6-7-18-12-24-13-20(23)22(19(18)9-17)11-14-4-5-14/h1-3,6-9,14H,4-5,11-13H2. The average Bonchev–Trinajstić information content (AvgIpc) is 3.45. The van der Waals surface area contributed by atoms with E-state index >= 15 is 0 Å². The minimum Gasteiger partial charge on any atom is -0.367 e. The molecule has 0 unspecified atom stereocenters. The Hall–Kier alpha value is -2.64. The van der Waals surface area contributed by atoms with E-state index in [0.717, 1.165) is 28.9 Å². The lowest BCUT2D eigenvalue weighted by molar-refractivity contribution is -0.123. The van der Waals surface area contributed by atoms with Gasteiger partial charge in [0.05, 0.1) is 18.2 Å². The van der Waals surface area contributed by atoms with Gasteiger partial charge in [-0.3, -0.25) is 4.79 Å². The summed E-state index contributed by atoms with van der Waals surface area (Å²) in [6, 6.07) is 15.8. The van der Waals surface area contributed by atoms with Gasteiger partial charge < -0.3 is 9.64 Å². The first kappa shape index (κ1) is 14.9. The second-order valence-electron chi connectivity index (χ2n) is 6.48. The summed E-state index contributed by atoms with van der Waals surface area (Å²) >= 11 is 0. The van der Waals surface area contributed by atoms with Crippen LogP contribution in [0.15, 0.2) is 42.5 Å². The van der Waals surface area contributed by atoms with E-state index in [0.29, 0.717) is 18.1 Å². The zero-order valence-electron chi connectivity index (χ0n) is 13.4. The Morgan fingerprint density at radius 2 is 1.96 bits per heavy atom. The Labute approximate surface area is 141 Å². The molecule has 1 heterocycles. The minimum atomic E-state index is 0.0311. The van der Waals surface area contributed by atoms with E-state index in [1.807, 2.05) is 35.2 Å². The van der Waals surface area contributed by atoms with Gasteiger partial charge in [0.25, 0.3) is 5.91 Å². The molecule has 0 radical (unpaired) electrons. The van der Waals surface area contributed by atoms with Crippen LogP contribution in [-0.4, -0.2) is 19.1 Å². The minimum absolute atomic E-state index is 0.0311. The topological polar surface area (TPSA) is 53.3 Å².